The number of benzene rings is 1. The number of aryl methyl sites for hydroxylation is 1. The van der Waals surface area contributed by atoms with Gasteiger partial charge in [0.1, 0.15) is 5.82 Å². The number of aromatic amines is 1. The van der Waals surface area contributed by atoms with E-state index < -0.39 is 0 Å². The number of hydrogen-bond donors (Lipinski definition) is 1. The summed E-state index contributed by atoms with van der Waals surface area (Å²) in [7, 11) is 0. The topological polar surface area (TPSA) is 44.8 Å². The summed E-state index contributed by atoms with van der Waals surface area (Å²) < 4.78 is 0. The van der Waals surface area contributed by atoms with Crippen molar-refractivity contribution < 1.29 is 0 Å². The van der Waals surface area contributed by atoms with Gasteiger partial charge in [-0.3, -0.25) is 4.98 Å². The van der Waals surface area contributed by atoms with E-state index in [1.54, 1.807) is 0 Å². The van der Waals surface area contributed by atoms with E-state index in [1.807, 2.05) is 31.5 Å². The number of hydrogen-bond acceptors (Lipinski definition) is 3. The van der Waals surface area contributed by atoms with Crippen LogP contribution in [0.2, 0.25) is 5.02 Å². The van der Waals surface area contributed by atoms with Crippen LogP contribution in [0.4, 0.5) is 0 Å². The molecule has 0 bridgehead atoms. The molecule has 30 heavy (non-hydrogen) atoms. The maximum atomic E-state index is 6.35. The summed E-state index contributed by atoms with van der Waals surface area (Å²) in [5.74, 6) is 1.52. The monoisotopic (exact) mass is 417 g/mol. The van der Waals surface area contributed by atoms with Gasteiger partial charge in [-0.15, -0.1) is 0 Å². The summed E-state index contributed by atoms with van der Waals surface area (Å²) in [4.78, 5) is 15.5. The van der Waals surface area contributed by atoms with E-state index in [9.17, 15) is 0 Å². The Morgan fingerprint density at radius 1 is 1.23 bits per heavy atom. The molecule has 2 aliphatic rings. The van der Waals surface area contributed by atoms with Crippen LogP contribution >= 0.6 is 11.6 Å². The predicted molar refractivity (Wildman–Crippen MR) is 123 cm³/mol. The van der Waals surface area contributed by atoms with Gasteiger partial charge in [-0.2, -0.15) is 0 Å². The Balaban J connectivity index is 1.62. The lowest BCUT2D eigenvalue weighted by Crippen LogP contribution is -2.28. The third-order valence-corrected chi connectivity index (χ3v) is 6.80. The second kappa shape index (κ2) is 7.59. The molecule has 5 heteroatoms. The molecule has 4 nitrogen and oxygen atoms in total. The van der Waals surface area contributed by atoms with Gasteiger partial charge < -0.3 is 9.88 Å². The van der Waals surface area contributed by atoms with E-state index in [2.05, 4.69) is 53.3 Å². The maximum absolute atomic E-state index is 6.35. The lowest BCUT2D eigenvalue weighted by atomic mass is 9.90. The van der Waals surface area contributed by atoms with Crippen LogP contribution in [0.25, 0.3) is 16.6 Å². The molecule has 1 aromatic carbocycles. The van der Waals surface area contributed by atoms with Crippen LogP contribution in [0.1, 0.15) is 49.7 Å². The minimum absolute atomic E-state index is 0.202. The Bertz CT molecular complexity index is 1120. The van der Waals surface area contributed by atoms with Crippen molar-refractivity contribution in [3.63, 3.8) is 0 Å². The van der Waals surface area contributed by atoms with Crippen molar-refractivity contribution in [3.05, 3.63) is 82.4 Å². The van der Waals surface area contributed by atoms with Crippen molar-refractivity contribution in [3.8, 4) is 0 Å². The van der Waals surface area contributed by atoms with Gasteiger partial charge in [0.2, 0.25) is 0 Å². The molecule has 0 amide bonds. The van der Waals surface area contributed by atoms with Gasteiger partial charge in [-0.05, 0) is 79.5 Å². The first-order valence-corrected chi connectivity index (χ1v) is 11.0. The average molecular weight is 418 g/mol. The number of imidazole rings is 1. The van der Waals surface area contributed by atoms with Crippen LogP contribution in [0.5, 0.6) is 0 Å². The smallest absolute Gasteiger partial charge is 0.130 e. The van der Waals surface area contributed by atoms with E-state index in [4.69, 9.17) is 16.6 Å². The Hall–Kier alpha value is -2.59. The molecule has 0 unspecified atom stereocenters. The Labute approximate surface area is 182 Å². The summed E-state index contributed by atoms with van der Waals surface area (Å²) in [5, 5.41) is 0.763. The van der Waals surface area contributed by atoms with Crippen LogP contribution in [0.3, 0.4) is 0 Å². The third-order valence-electron chi connectivity index (χ3n) is 6.40. The predicted octanol–water partition coefficient (Wildman–Crippen LogP) is 6.27. The number of halogens is 1. The molecule has 2 aromatic heterocycles. The largest absolute Gasteiger partial charge is 0.361 e. The number of allylic oxidation sites excluding steroid dienone is 3. The summed E-state index contributed by atoms with van der Waals surface area (Å²) in [6, 6.07) is 8.43. The number of likely N-dealkylation sites (tertiary alicyclic amines) is 1. The van der Waals surface area contributed by atoms with Crippen molar-refractivity contribution in [2.24, 2.45) is 5.92 Å². The van der Waals surface area contributed by atoms with E-state index in [0.29, 0.717) is 5.92 Å². The van der Waals surface area contributed by atoms with Gasteiger partial charge in [-0.1, -0.05) is 30.7 Å². The molecule has 1 N–H and O–H groups in total. The molecule has 1 radical (unpaired) electrons. The molecule has 1 fully saturated rings. The van der Waals surface area contributed by atoms with Crippen molar-refractivity contribution in [1.82, 2.24) is 19.9 Å². The third kappa shape index (κ3) is 3.24. The highest BCUT2D eigenvalue weighted by atomic mass is 35.5. The highest BCUT2D eigenvalue weighted by Crippen LogP contribution is 2.44. The summed E-state index contributed by atoms with van der Waals surface area (Å²) in [6.07, 6.45) is 10.5. The molecule has 1 aliphatic heterocycles. The molecular formula is C25H26ClN4. The van der Waals surface area contributed by atoms with Gasteiger partial charge in [0.15, 0.2) is 0 Å². The summed E-state index contributed by atoms with van der Waals surface area (Å²) >= 11 is 6.35. The molecular weight excluding hydrogens is 392 g/mol. The number of pyridine rings is 1. The van der Waals surface area contributed by atoms with Crippen molar-refractivity contribution in [2.75, 3.05) is 6.54 Å². The lowest BCUT2D eigenvalue weighted by molar-refractivity contribution is 0.289. The maximum Gasteiger partial charge on any atom is 0.130 e. The van der Waals surface area contributed by atoms with Crippen LogP contribution in [-0.2, 0) is 0 Å². The molecule has 3 heterocycles. The number of nitrogens with one attached hydrogen (secondary N) is 1. The molecule has 0 saturated carbocycles. The second-order valence-corrected chi connectivity index (χ2v) is 8.88. The summed E-state index contributed by atoms with van der Waals surface area (Å²) in [6.45, 7) is 7.59. The number of H-pyrrole nitrogens is 1. The highest BCUT2D eigenvalue weighted by molar-refractivity contribution is 6.32. The van der Waals surface area contributed by atoms with Gasteiger partial charge >= 0.3 is 0 Å². The van der Waals surface area contributed by atoms with E-state index in [1.165, 1.54) is 22.4 Å². The van der Waals surface area contributed by atoms with Crippen LogP contribution in [0, 0.1) is 19.3 Å². The second-order valence-electron chi connectivity index (χ2n) is 8.48. The SMILES string of the molecule is CC1=CC[CH]C(c2cccnc2)=C1N1CC[C@H](C)[C@H]1c1nc2cc(Cl)c(C)cc2[nH]1. The van der Waals surface area contributed by atoms with Gasteiger partial charge in [0.05, 0.1) is 17.1 Å². The van der Waals surface area contributed by atoms with Crippen molar-refractivity contribution in [1.29, 1.82) is 0 Å². The molecule has 1 saturated heterocycles. The fourth-order valence-electron chi connectivity index (χ4n) is 4.83. The zero-order chi connectivity index (χ0) is 20.8. The van der Waals surface area contributed by atoms with Gasteiger partial charge in [0.25, 0.3) is 0 Å². The number of nitrogens with zero attached hydrogens (tertiary/aromatic N) is 3. The van der Waals surface area contributed by atoms with Gasteiger partial charge in [-0.25, -0.2) is 4.98 Å². The molecule has 3 aromatic rings. The van der Waals surface area contributed by atoms with E-state index in [-0.39, 0.29) is 6.04 Å². The summed E-state index contributed by atoms with van der Waals surface area (Å²) in [5.41, 5.74) is 8.13. The zero-order valence-corrected chi connectivity index (χ0v) is 18.4. The molecule has 153 valence electrons. The minimum atomic E-state index is 0.202. The molecule has 2 atom stereocenters. The fraction of sp³-hybridized carbons (Fsp3) is 0.320. The Kier molecular flexibility index (Phi) is 4.90. The molecule has 1 aliphatic carbocycles. The average Bonchev–Trinajstić information content (AvgIpc) is 3.31. The van der Waals surface area contributed by atoms with Crippen molar-refractivity contribution in [2.45, 2.75) is 39.7 Å². The quantitative estimate of drug-likeness (QED) is 0.546. The first-order chi connectivity index (χ1) is 14.5. The number of fused-ring (bicyclic) bond motifs is 1. The van der Waals surface area contributed by atoms with Crippen molar-refractivity contribution >= 4 is 28.2 Å². The highest BCUT2D eigenvalue weighted by Gasteiger charge is 2.37. The first kappa shape index (κ1) is 19.4. The standard InChI is InChI=1S/C25H26ClN4/c1-15-6-4-8-19(18-7-5-10-27-14-18)23(15)30-11-9-16(2)24(30)25-28-21-12-17(3)20(26)13-22(21)29-25/h5-8,10,12-14,16,24H,4,9,11H2,1-3H3,(H,28,29)/t16-,24-/m0/s1. The zero-order valence-electron chi connectivity index (χ0n) is 17.6. The van der Waals surface area contributed by atoms with Crippen LogP contribution in [0.15, 0.2) is 54.0 Å². The van der Waals surface area contributed by atoms with Crippen LogP contribution < -0.4 is 0 Å². The number of aromatic nitrogens is 3. The lowest BCUT2D eigenvalue weighted by Gasteiger charge is -2.34. The number of rotatable bonds is 3. The Morgan fingerprint density at radius 3 is 2.90 bits per heavy atom. The van der Waals surface area contributed by atoms with E-state index in [0.717, 1.165) is 46.8 Å². The Morgan fingerprint density at radius 2 is 2.10 bits per heavy atom. The first-order valence-electron chi connectivity index (χ1n) is 10.6. The normalized spacial score (nSPS) is 22.1. The minimum Gasteiger partial charge on any atom is -0.361 e. The van der Waals surface area contributed by atoms with Gasteiger partial charge in [0, 0.05) is 29.7 Å². The molecule has 5 rings (SSSR count). The fourth-order valence-corrected chi connectivity index (χ4v) is 4.99. The van der Waals surface area contributed by atoms with E-state index >= 15 is 0 Å². The van der Waals surface area contributed by atoms with Crippen LogP contribution in [-0.4, -0.2) is 26.4 Å². The molecule has 0 spiro atoms.